The van der Waals surface area contributed by atoms with Gasteiger partial charge in [-0.1, -0.05) is 17.7 Å². The van der Waals surface area contributed by atoms with Gasteiger partial charge in [-0.15, -0.1) is 11.3 Å². The number of hydrogen-bond donors (Lipinski definition) is 2. The minimum atomic E-state index is -0.863. The fraction of sp³-hybridized carbons (Fsp3) is 0.176. The number of anilines is 1. The molecule has 0 spiro atoms. The van der Waals surface area contributed by atoms with Gasteiger partial charge in [-0.05, 0) is 37.1 Å². The molecular formula is C17H13ClF2N4S. The van der Waals surface area contributed by atoms with E-state index in [0.29, 0.717) is 22.9 Å². The van der Waals surface area contributed by atoms with Crippen molar-refractivity contribution in [2.75, 3.05) is 5.32 Å². The van der Waals surface area contributed by atoms with Crippen molar-refractivity contribution in [3.63, 3.8) is 0 Å². The summed E-state index contributed by atoms with van der Waals surface area (Å²) in [7, 11) is 0. The lowest BCUT2D eigenvalue weighted by atomic mass is 10.1. The second kappa shape index (κ2) is 5.93. The molecular weight excluding hydrogens is 366 g/mol. The van der Waals surface area contributed by atoms with Gasteiger partial charge in [-0.3, -0.25) is 5.10 Å². The highest BCUT2D eigenvalue weighted by atomic mass is 35.5. The number of aromatic nitrogens is 3. The standard InChI is InChI=1S/C17H13ClF2N4S/c1-7-12-14-15(25-17(12)22-8(2)13(7)18)16(24-23-14)21-6-9-3-4-10(19)11(20)5-9/h3-5H,6H2,1-2H3,(H2,21,23,24). The van der Waals surface area contributed by atoms with Crippen molar-refractivity contribution in [1.29, 1.82) is 0 Å². The number of aromatic amines is 1. The van der Waals surface area contributed by atoms with E-state index in [1.54, 1.807) is 0 Å². The molecule has 25 heavy (non-hydrogen) atoms. The first-order chi connectivity index (χ1) is 12.0. The van der Waals surface area contributed by atoms with Crippen molar-refractivity contribution in [2.45, 2.75) is 20.4 Å². The molecule has 128 valence electrons. The average Bonchev–Trinajstić information content (AvgIpc) is 3.12. The van der Waals surface area contributed by atoms with Gasteiger partial charge in [-0.2, -0.15) is 5.10 Å². The lowest BCUT2D eigenvalue weighted by Gasteiger charge is -2.03. The van der Waals surface area contributed by atoms with Crippen LogP contribution in [0.15, 0.2) is 18.2 Å². The van der Waals surface area contributed by atoms with Crippen molar-refractivity contribution in [1.82, 2.24) is 15.2 Å². The Morgan fingerprint density at radius 2 is 2.04 bits per heavy atom. The Morgan fingerprint density at radius 3 is 2.80 bits per heavy atom. The number of rotatable bonds is 3. The molecule has 0 atom stereocenters. The number of nitrogens with zero attached hydrogens (tertiary/aromatic N) is 2. The molecule has 4 nitrogen and oxygen atoms in total. The van der Waals surface area contributed by atoms with E-state index in [4.69, 9.17) is 11.6 Å². The molecule has 0 aliphatic rings. The molecule has 8 heteroatoms. The third-order valence-electron chi connectivity index (χ3n) is 4.12. The molecule has 0 radical (unpaired) electrons. The minimum Gasteiger partial charge on any atom is -0.363 e. The van der Waals surface area contributed by atoms with E-state index in [0.717, 1.165) is 37.8 Å². The molecule has 4 aromatic rings. The number of H-pyrrole nitrogens is 1. The Kier molecular flexibility index (Phi) is 3.85. The molecule has 3 aromatic heterocycles. The number of hydrogen-bond acceptors (Lipinski definition) is 4. The highest BCUT2D eigenvalue weighted by Crippen LogP contribution is 2.39. The summed E-state index contributed by atoms with van der Waals surface area (Å²) in [5, 5.41) is 12.1. The SMILES string of the molecule is Cc1nc2sc3c(NCc4ccc(F)c(F)c4)n[nH]c3c2c(C)c1Cl. The Morgan fingerprint density at radius 1 is 1.24 bits per heavy atom. The van der Waals surface area contributed by atoms with Crippen LogP contribution in [0.1, 0.15) is 16.8 Å². The second-order valence-corrected chi connectivity index (χ2v) is 7.17. The number of aryl methyl sites for hydroxylation is 2. The van der Waals surface area contributed by atoms with Crippen molar-refractivity contribution < 1.29 is 8.78 Å². The maximum absolute atomic E-state index is 13.3. The number of pyridine rings is 1. The molecule has 0 fully saturated rings. The summed E-state index contributed by atoms with van der Waals surface area (Å²) in [5.41, 5.74) is 3.26. The van der Waals surface area contributed by atoms with E-state index in [2.05, 4.69) is 20.5 Å². The van der Waals surface area contributed by atoms with Gasteiger partial charge in [0.15, 0.2) is 17.5 Å². The zero-order valence-corrected chi connectivity index (χ0v) is 14.9. The van der Waals surface area contributed by atoms with Crippen LogP contribution < -0.4 is 5.32 Å². The molecule has 0 saturated heterocycles. The van der Waals surface area contributed by atoms with E-state index in [9.17, 15) is 8.78 Å². The van der Waals surface area contributed by atoms with E-state index < -0.39 is 11.6 Å². The van der Waals surface area contributed by atoms with Crippen LogP contribution >= 0.6 is 22.9 Å². The molecule has 0 bridgehead atoms. The van der Waals surface area contributed by atoms with E-state index in [1.165, 1.54) is 23.5 Å². The number of halogens is 3. The zero-order valence-electron chi connectivity index (χ0n) is 13.4. The Balaban J connectivity index is 1.72. The normalized spacial score (nSPS) is 11.6. The monoisotopic (exact) mass is 378 g/mol. The number of benzene rings is 1. The lowest BCUT2D eigenvalue weighted by Crippen LogP contribution is -2.01. The summed E-state index contributed by atoms with van der Waals surface area (Å²) in [5.74, 6) is -1.07. The smallest absolute Gasteiger partial charge is 0.166 e. The van der Waals surface area contributed by atoms with Gasteiger partial charge >= 0.3 is 0 Å². The van der Waals surface area contributed by atoms with Crippen LogP contribution in [-0.4, -0.2) is 15.2 Å². The molecule has 0 saturated carbocycles. The molecule has 1 aromatic carbocycles. The van der Waals surface area contributed by atoms with Gasteiger partial charge in [-0.25, -0.2) is 13.8 Å². The van der Waals surface area contributed by atoms with Gasteiger partial charge in [0.05, 0.1) is 20.9 Å². The lowest BCUT2D eigenvalue weighted by molar-refractivity contribution is 0.507. The van der Waals surface area contributed by atoms with Crippen molar-refractivity contribution in [3.8, 4) is 0 Å². The van der Waals surface area contributed by atoms with Gasteiger partial charge in [0, 0.05) is 11.9 Å². The molecule has 0 aliphatic carbocycles. The topological polar surface area (TPSA) is 53.6 Å². The van der Waals surface area contributed by atoms with Crippen LogP contribution in [0.3, 0.4) is 0 Å². The summed E-state index contributed by atoms with van der Waals surface area (Å²) in [6, 6.07) is 3.82. The maximum Gasteiger partial charge on any atom is 0.166 e. The van der Waals surface area contributed by atoms with E-state index in [-0.39, 0.29) is 0 Å². The quantitative estimate of drug-likeness (QED) is 0.506. The highest BCUT2D eigenvalue weighted by Gasteiger charge is 2.18. The van der Waals surface area contributed by atoms with Crippen LogP contribution in [0.5, 0.6) is 0 Å². The summed E-state index contributed by atoms with van der Waals surface area (Å²) < 4.78 is 27.3. The Labute approximate surface area is 150 Å². The van der Waals surface area contributed by atoms with Crippen molar-refractivity contribution in [3.05, 3.63) is 51.7 Å². The van der Waals surface area contributed by atoms with Gasteiger partial charge in [0.25, 0.3) is 0 Å². The fourth-order valence-corrected chi connectivity index (χ4v) is 4.15. The summed E-state index contributed by atoms with van der Waals surface area (Å²) in [6.45, 7) is 4.17. The maximum atomic E-state index is 13.3. The average molecular weight is 379 g/mol. The van der Waals surface area contributed by atoms with Gasteiger partial charge in [0.2, 0.25) is 0 Å². The largest absolute Gasteiger partial charge is 0.363 e. The third kappa shape index (κ3) is 2.63. The Hall–Kier alpha value is -2.25. The molecule has 0 unspecified atom stereocenters. The predicted octanol–water partition coefficient (Wildman–Crippen LogP) is 5.33. The molecule has 2 N–H and O–H groups in total. The molecule has 4 rings (SSSR count). The van der Waals surface area contributed by atoms with E-state index in [1.807, 2.05) is 13.8 Å². The highest BCUT2D eigenvalue weighted by molar-refractivity contribution is 7.26. The third-order valence-corrected chi connectivity index (χ3v) is 5.77. The summed E-state index contributed by atoms with van der Waals surface area (Å²) in [4.78, 5) is 5.43. The van der Waals surface area contributed by atoms with Gasteiger partial charge < -0.3 is 5.32 Å². The van der Waals surface area contributed by atoms with Crippen LogP contribution in [0.25, 0.3) is 20.4 Å². The summed E-state index contributed by atoms with van der Waals surface area (Å²) >= 11 is 7.83. The van der Waals surface area contributed by atoms with Crippen LogP contribution in [0.2, 0.25) is 5.02 Å². The molecule has 0 amide bonds. The van der Waals surface area contributed by atoms with Crippen molar-refractivity contribution >= 4 is 49.2 Å². The number of fused-ring (bicyclic) bond motifs is 3. The van der Waals surface area contributed by atoms with Crippen LogP contribution in [-0.2, 0) is 6.54 Å². The van der Waals surface area contributed by atoms with Crippen molar-refractivity contribution in [2.24, 2.45) is 0 Å². The molecule has 3 heterocycles. The van der Waals surface area contributed by atoms with Crippen LogP contribution in [0, 0.1) is 25.5 Å². The number of nitrogens with one attached hydrogen (secondary N) is 2. The first-order valence-corrected chi connectivity index (χ1v) is 8.76. The first-order valence-electron chi connectivity index (χ1n) is 7.56. The van der Waals surface area contributed by atoms with Gasteiger partial charge in [0.1, 0.15) is 4.83 Å². The summed E-state index contributed by atoms with van der Waals surface area (Å²) in [6.07, 6.45) is 0. The second-order valence-electron chi connectivity index (χ2n) is 5.80. The first kappa shape index (κ1) is 16.2. The number of thiophene rings is 1. The minimum absolute atomic E-state index is 0.331. The molecule has 0 aliphatic heterocycles. The van der Waals surface area contributed by atoms with E-state index >= 15 is 0 Å². The van der Waals surface area contributed by atoms with Crippen LogP contribution in [0.4, 0.5) is 14.6 Å². The fourth-order valence-electron chi connectivity index (χ4n) is 2.82. The Bertz CT molecular complexity index is 1120. The predicted molar refractivity (Wildman–Crippen MR) is 97.4 cm³/mol. The zero-order chi connectivity index (χ0) is 17.7.